The van der Waals surface area contributed by atoms with Gasteiger partial charge in [0.2, 0.25) is 6.79 Å². The van der Waals surface area contributed by atoms with Gasteiger partial charge in [-0.25, -0.2) is 0 Å². The zero-order valence-corrected chi connectivity index (χ0v) is 15.3. The SMILES string of the molecule is CCOc1cc(CNCc2ccc3c(c2)OCO3)cc(Br)c1OC. The second-order valence-corrected chi connectivity index (χ2v) is 6.19. The van der Waals surface area contributed by atoms with Crippen molar-refractivity contribution in [3.63, 3.8) is 0 Å². The van der Waals surface area contributed by atoms with Crippen molar-refractivity contribution in [2.45, 2.75) is 20.0 Å². The van der Waals surface area contributed by atoms with Crippen molar-refractivity contribution in [3.8, 4) is 23.0 Å². The fourth-order valence-electron chi connectivity index (χ4n) is 2.59. The Morgan fingerprint density at radius 2 is 1.88 bits per heavy atom. The van der Waals surface area contributed by atoms with Crippen molar-refractivity contribution in [2.75, 3.05) is 20.5 Å². The van der Waals surface area contributed by atoms with Gasteiger partial charge in [0, 0.05) is 13.1 Å². The Hall–Kier alpha value is -1.92. The van der Waals surface area contributed by atoms with Gasteiger partial charge in [-0.2, -0.15) is 0 Å². The fraction of sp³-hybridized carbons (Fsp3) is 0.333. The van der Waals surface area contributed by atoms with Crippen LogP contribution in [0.4, 0.5) is 0 Å². The summed E-state index contributed by atoms with van der Waals surface area (Å²) in [5.74, 6) is 3.07. The minimum absolute atomic E-state index is 0.298. The highest BCUT2D eigenvalue weighted by molar-refractivity contribution is 9.10. The van der Waals surface area contributed by atoms with Gasteiger partial charge < -0.3 is 24.3 Å². The minimum Gasteiger partial charge on any atom is -0.492 e. The molecule has 0 aromatic heterocycles. The van der Waals surface area contributed by atoms with Crippen LogP contribution in [0.1, 0.15) is 18.1 Å². The zero-order chi connectivity index (χ0) is 16.9. The van der Waals surface area contributed by atoms with Gasteiger partial charge in [0.05, 0.1) is 18.2 Å². The highest BCUT2D eigenvalue weighted by Crippen LogP contribution is 2.36. The first-order valence-corrected chi connectivity index (χ1v) is 8.59. The largest absolute Gasteiger partial charge is 0.492 e. The number of ether oxygens (including phenoxy) is 4. The van der Waals surface area contributed by atoms with Crippen molar-refractivity contribution >= 4 is 15.9 Å². The van der Waals surface area contributed by atoms with Crippen LogP contribution in [-0.4, -0.2) is 20.5 Å². The lowest BCUT2D eigenvalue weighted by Crippen LogP contribution is -2.13. The van der Waals surface area contributed by atoms with Gasteiger partial charge in [0.15, 0.2) is 23.0 Å². The second kappa shape index (κ2) is 7.77. The molecule has 128 valence electrons. The Morgan fingerprint density at radius 3 is 2.67 bits per heavy atom. The second-order valence-electron chi connectivity index (χ2n) is 5.33. The monoisotopic (exact) mass is 393 g/mol. The fourth-order valence-corrected chi connectivity index (χ4v) is 3.24. The standard InChI is InChI=1S/C18H20BrNO4/c1-3-22-17-8-13(6-14(19)18(17)21-2)10-20-9-12-4-5-15-16(7-12)24-11-23-15/h4-8,20H,3,9-11H2,1-2H3. The molecule has 1 heterocycles. The van der Waals surface area contributed by atoms with E-state index in [2.05, 4.69) is 21.2 Å². The van der Waals surface area contributed by atoms with Crippen molar-refractivity contribution < 1.29 is 18.9 Å². The molecule has 0 unspecified atom stereocenters. The summed E-state index contributed by atoms with van der Waals surface area (Å²) in [6.45, 7) is 4.31. The van der Waals surface area contributed by atoms with Crippen molar-refractivity contribution in [1.29, 1.82) is 0 Å². The predicted molar refractivity (Wildman–Crippen MR) is 95.0 cm³/mol. The number of methoxy groups -OCH3 is 1. The van der Waals surface area contributed by atoms with Gasteiger partial charge in [-0.15, -0.1) is 0 Å². The van der Waals surface area contributed by atoms with Gasteiger partial charge in [-0.3, -0.25) is 0 Å². The number of hydrogen-bond acceptors (Lipinski definition) is 5. The van der Waals surface area contributed by atoms with Gasteiger partial charge in [-0.05, 0) is 58.2 Å². The van der Waals surface area contributed by atoms with Crippen LogP contribution in [0.3, 0.4) is 0 Å². The first-order chi connectivity index (χ1) is 11.7. The molecule has 6 heteroatoms. The molecule has 0 spiro atoms. The molecule has 3 rings (SSSR count). The third kappa shape index (κ3) is 3.76. The Morgan fingerprint density at radius 1 is 1.08 bits per heavy atom. The molecule has 0 bridgehead atoms. The lowest BCUT2D eigenvalue weighted by molar-refractivity contribution is 0.174. The summed E-state index contributed by atoms with van der Waals surface area (Å²) < 4.78 is 22.6. The Kier molecular flexibility index (Phi) is 5.48. The van der Waals surface area contributed by atoms with Gasteiger partial charge in [-0.1, -0.05) is 6.07 Å². The molecule has 0 aliphatic carbocycles. The number of halogens is 1. The molecular formula is C18H20BrNO4. The summed E-state index contributed by atoms with van der Waals surface area (Å²) in [6.07, 6.45) is 0. The van der Waals surface area contributed by atoms with E-state index in [4.69, 9.17) is 18.9 Å². The summed E-state index contributed by atoms with van der Waals surface area (Å²) >= 11 is 3.54. The van der Waals surface area contributed by atoms with E-state index < -0.39 is 0 Å². The molecule has 24 heavy (non-hydrogen) atoms. The van der Waals surface area contributed by atoms with E-state index in [1.54, 1.807) is 7.11 Å². The molecule has 1 aliphatic heterocycles. The van der Waals surface area contributed by atoms with Crippen LogP contribution in [0.25, 0.3) is 0 Å². The summed E-state index contributed by atoms with van der Waals surface area (Å²) in [6, 6.07) is 10.0. The maximum atomic E-state index is 5.65. The number of fused-ring (bicyclic) bond motifs is 1. The van der Waals surface area contributed by atoms with E-state index in [0.717, 1.165) is 51.7 Å². The quantitative estimate of drug-likeness (QED) is 0.773. The Balaban J connectivity index is 1.64. The summed E-state index contributed by atoms with van der Waals surface area (Å²) in [5.41, 5.74) is 2.27. The normalized spacial score (nSPS) is 12.3. The van der Waals surface area contributed by atoms with Crippen LogP contribution in [0.15, 0.2) is 34.8 Å². The number of benzene rings is 2. The van der Waals surface area contributed by atoms with Gasteiger partial charge in [0.25, 0.3) is 0 Å². The van der Waals surface area contributed by atoms with Crippen LogP contribution >= 0.6 is 15.9 Å². The van der Waals surface area contributed by atoms with E-state index in [-0.39, 0.29) is 0 Å². The van der Waals surface area contributed by atoms with Crippen LogP contribution in [0.5, 0.6) is 23.0 Å². The third-order valence-corrected chi connectivity index (χ3v) is 4.26. The van der Waals surface area contributed by atoms with Crippen molar-refractivity contribution in [3.05, 3.63) is 45.9 Å². The first kappa shape index (κ1) is 16.9. The third-order valence-electron chi connectivity index (χ3n) is 3.67. The molecule has 0 saturated heterocycles. The number of nitrogens with one attached hydrogen (secondary N) is 1. The zero-order valence-electron chi connectivity index (χ0n) is 13.7. The topological polar surface area (TPSA) is 49.0 Å². The maximum absolute atomic E-state index is 5.65. The number of rotatable bonds is 7. The van der Waals surface area contributed by atoms with E-state index in [1.165, 1.54) is 0 Å². The lowest BCUT2D eigenvalue weighted by Gasteiger charge is -2.14. The molecular weight excluding hydrogens is 374 g/mol. The van der Waals surface area contributed by atoms with E-state index >= 15 is 0 Å². The molecule has 2 aromatic rings. The van der Waals surface area contributed by atoms with E-state index in [0.29, 0.717) is 13.4 Å². The van der Waals surface area contributed by atoms with Crippen LogP contribution in [-0.2, 0) is 13.1 Å². The van der Waals surface area contributed by atoms with Crippen LogP contribution in [0.2, 0.25) is 0 Å². The molecule has 0 amide bonds. The highest BCUT2D eigenvalue weighted by atomic mass is 79.9. The average molecular weight is 394 g/mol. The molecule has 1 aliphatic rings. The predicted octanol–water partition coefficient (Wildman–Crippen LogP) is 3.87. The molecule has 0 fully saturated rings. The van der Waals surface area contributed by atoms with E-state index in [1.807, 2.05) is 37.3 Å². The summed E-state index contributed by atoms with van der Waals surface area (Å²) in [4.78, 5) is 0. The lowest BCUT2D eigenvalue weighted by atomic mass is 10.1. The van der Waals surface area contributed by atoms with Crippen molar-refractivity contribution in [1.82, 2.24) is 5.32 Å². The van der Waals surface area contributed by atoms with E-state index in [9.17, 15) is 0 Å². The highest BCUT2D eigenvalue weighted by Gasteiger charge is 2.13. The minimum atomic E-state index is 0.298. The maximum Gasteiger partial charge on any atom is 0.231 e. The molecule has 0 radical (unpaired) electrons. The smallest absolute Gasteiger partial charge is 0.231 e. The molecule has 2 aromatic carbocycles. The van der Waals surface area contributed by atoms with Gasteiger partial charge >= 0.3 is 0 Å². The van der Waals surface area contributed by atoms with Crippen molar-refractivity contribution in [2.24, 2.45) is 0 Å². The Labute approximate surface area is 150 Å². The molecule has 5 nitrogen and oxygen atoms in total. The number of hydrogen-bond donors (Lipinski definition) is 1. The average Bonchev–Trinajstić information content (AvgIpc) is 3.03. The van der Waals surface area contributed by atoms with Crippen LogP contribution < -0.4 is 24.3 Å². The molecule has 0 saturated carbocycles. The summed E-state index contributed by atoms with van der Waals surface area (Å²) in [7, 11) is 1.64. The molecule has 0 atom stereocenters. The van der Waals surface area contributed by atoms with Crippen LogP contribution in [0, 0.1) is 0 Å². The first-order valence-electron chi connectivity index (χ1n) is 7.79. The summed E-state index contributed by atoms with van der Waals surface area (Å²) in [5, 5.41) is 3.43. The van der Waals surface area contributed by atoms with Gasteiger partial charge in [0.1, 0.15) is 0 Å². The Bertz CT molecular complexity index is 720. The molecule has 1 N–H and O–H groups in total.